The van der Waals surface area contributed by atoms with Crippen LogP contribution in [0.15, 0.2) is 30.3 Å². The fourth-order valence-corrected chi connectivity index (χ4v) is 1.54. The van der Waals surface area contributed by atoms with Crippen molar-refractivity contribution >= 4 is 11.9 Å². The maximum absolute atomic E-state index is 12.1. The van der Waals surface area contributed by atoms with Crippen molar-refractivity contribution in [3.63, 3.8) is 0 Å². The molecule has 0 fully saturated rings. The number of aliphatic carboxylic acids is 1. The van der Waals surface area contributed by atoms with Crippen LogP contribution < -0.4 is 5.32 Å². The summed E-state index contributed by atoms with van der Waals surface area (Å²) < 4.78 is 0. The maximum atomic E-state index is 12.1. The zero-order valence-electron chi connectivity index (χ0n) is 10.9. The summed E-state index contributed by atoms with van der Waals surface area (Å²) >= 11 is 0. The summed E-state index contributed by atoms with van der Waals surface area (Å²) in [7, 11) is 0. The standard InChI is InChI=1S/C14H19NO3/c1-10(12(16)17)9-15-13(18)14(2,3)11-7-5-4-6-8-11/h4-8,10H,9H2,1-3H3,(H,15,18)(H,16,17). The maximum Gasteiger partial charge on any atom is 0.308 e. The molecule has 4 heteroatoms. The van der Waals surface area contributed by atoms with Gasteiger partial charge in [-0.05, 0) is 19.4 Å². The van der Waals surface area contributed by atoms with Crippen LogP contribution >= 0.6 is 0 Å². The number of hydrogen-bond acceptors (Lipinski definition) is 2. The van der Waals surface area contributed by atoms with Crippen molar-refractivity contribution in [2.75, 3.05) is 6.54 Å². The summed E-state index contributed by atoms with van der Waals surface area (Å²) in [6.07, 6.45) is 0. The molecule has 1 atom stereocenters. The van der Waals surface area contributed by atoms with Gasteiger partial charge in [0.25, 0.3) is 0 Å². The predicted molar refractivity (Wildman–Crippen MR) is 69.3 cm³/mol. The number of rotatable bonds is 5. The van der Waals surface area contributed by atoms with E-state index >= 15 is 0 Å². The van der Waals surface area contributed by atoms with Gasteiger partial charge in [0, 0.05) is 6.54 Å². The number of benzene rings is 1. The number of carbonyl (C=O) groups excluding carboxylic acids is 1. The van der Waals surface area contributed by atoms with Crippen molar-refractivity contribution in [1.82, 2.24) is 5.32 Å². The second-order valence-corrected chi connectivity index (χ2v) is 4.94. The molecule has 4 nitrogen and oxygen atoms in total. The molecule has 2 N–H and O–H groups in total. The van der Waals surface area contributed by atoms with Gasteiger partial charge >= 0.3 is 5.97 Å². The molecular formula is C14H19NO3. The zero-order chi connectivity index (χ0) is 13.8. The summed E-state index contributed by atoms with van der Waals surface area (Å²) in [4.78, 5) is 22.8. The van der Waals surface area contributed by atoms with Crippen molar-refractivity contribution in [3.05, 3.63) is 35.9 Å². The summed E-state index contributed by atoms with van der Waals surface area (Å²) in [5, 5.41) is 11.4. The third-order valence-electron chi connectivity index (χ3n) is 3.05. The van der Waals surface area contributed by atoms with E-state index in [9.17, 15) is 9.59 Å². The van der Waals surface area contributed by atoms with Gasteiger partial charge < -0.3 is 10.4 Å². The number of carboxylic acids is 1. The van der Waals surface area contributed by atoms with Crippen molar-refractivity contribution < 1.29 is 14.7 Å². The van der Waals surface area contributed by atoms with Gasteiger partial charge in [0.15, 0.2) is 0 Å². The van der Waals surface area contributed by atoms with E-state index < -0.39 is 17.3 Å². The first-order chi connectivity index (χ1) is 8.35. The molecule has 98 valence electrons. The van der Waals surface area contributed by atoms with Gasteiger partial charge in [-0.3, -0.25) is 9.59 Å². The van der Waals surface area contributed by atoms with E-state index in [-0.39, 0.29) is 12.5 Å². The lowest BCUT2D eigenvalue weighted by Crippen LogP contribution is -2.42. The minimum atomic E-state index is -0.909. The largest absolute Gasteiger partial charge is 0.481 e. The van der Waals surface area contributed by atoms with E-state index in [1.165, 1.54) is 0 Å². The third-order valence-corrected chi connectivity index (χ3v) is 3.05. The second kappa shape index (κ2) is 5.67. The van der Waals surface area contributed by atoms with Gasteiger partial charge in [-0.15, -0.1) is 0 Å². The van der Waals surface area contributed by atoms with Crippen LogP contribution in [-0.4, -0.2) is 23.5 Å². The Labute approximate surface area is 107 Å². The molecule has 0 saturated heterocycles. The van der Waals surface area contributed by atoms with E-state index in [0.29, 0.717) is 0 Å². The van der Waals surface area contributed by atoms with E-state index in [4.69, 9.17) is 5.11 Å². The highest BCUT2D eigenvalue weighted by Gasteiger charge is 2.29. The molecule has 0 saturated carbocycles. The van der Waals surface area contributed by atoms with Crippen LogP contribution in [0, 0.1) is 5.92 Å². The third kappa shape index (κ3) is 3.32. The Balaban J connectivity index is 2.69. The number of carbonyl (C=O) groups is 2. The number of hydrogen-bond donors (Lipinski definition) is 2. The smallest absolute Gasteiger partial charge is 0.308 e. The molecular weight excluding hydrogens is 230 g/mol. The van der Waals surface area contributed by atoms with Crippen LogP contribution in [0.25, 0.3) is 0 Å². The summed E-state index contributed by atoms with van der Waals surface area (Å²) in [5.41, 5.74) is 0.241. The van der Waals surface area contributed by atoms with Gasteiger partial charge in [0.1, 0.15) is 0 Å². The van der Waals surface area contributed by atoms with Gasteiger partial charge in [0.05, 0.1) is 11.3 Å². The van der Waals surface area contributed by atoms with Crippen LogP contribution in [0.4, 0.5) is 0 Å². The Morgan fingerprint density at radius 3 is 2.33 bits per heavy atom. The Bertz CT molecular complexity index is 426. The zero-order valence-corrected chi connectivity index (χ0v) is 10.9. The molecule has 0 spiro atoms. The van der Waals surface area contributed by atoms with Crippen molar-refractivity contribution in [2.24, 2.45) is 5.92 Å². The second-order valence-electron chi connectivity index (χ2n) is 4.94. The van der Waals surface area contributed by atoms with E-state index in [2.05, 4.69) is 5.32 Å². The molecule has 18 heavy (non-hydrogen) atoms. The fourth-order valence-electron chi connectivity index (χ4n) is 1.54. The summed E-state index contributed by atoms with van der Waals surface area (Å²) in [6, 6.07) is 9.43. The van der Waals surface area contributed by atoms with Gasteiger partial charge in [0.2, 0.25) is 5.91 Å². The summed E-state index contributed by atoms with van der Waals surface area (Å²) in [5.74, 6) is -1.66. The molecule has 0 aliphatic carbocycles. The molecule has 1 aromatic carbocycles. The van der Waals surface area contributed by atoms with Crippen LogP contribution in [0.2, 0.25) is 0 Å². The van der Waals surface area contributed by atoms with Crippen molar-refractivity contribution in [3.8, 4) is 0 Å². The highest BCUT2D eigenvalue weighted by atomic mass is 16.4. The fraction of sp³-hybridized carbons (Fsp3) is 0.429. The predicted octanol–water partition coefficient (Wildman–Crippen LogP) is 1.80. The van der Waals surface area contributed by atoms with Crippen LogP contribution in [-0.2, 0) is 15.0 Å². The molecule has 1 aromatic rings. The Hall–Kier alpha value is -1.84. The molecule has 1 amide bonds. The first-order valence-corrected chi connectivity index (χ1v) is 5.92. The summed E-state index contributed by atoms with van der Waals surface area (Å²) in [6.45, 7) is 5.36. The van der Waals surface area contributed by atoms with Gasteiger partial charge in [-0.25, -0.2) is 0 Å². The highest BCUT2D eigenvalue weighted by molar-refractivity contribution is 5.87. The number of nitrogens with one attached hydrogen (secondary N) is 1. The topological polar surface area (TPSA) is 66.4 Å². The molecule has 0 heterocycles. The number of carboxylic acid groups (broad SMARTS) is 1. The molecule has 1 rings (SSSR count). The van der Waals surface area contributed by atoms with Crippen molar-refractivity contribution in [1.29, 1.82) is 0 Å². The monoisotopic (exact) mass is 249 g/mol. The van der Waals surface area contributed by atoms with Gasteiger partial charge in [-0.1, -0.05) is 37.3 Å². The first-order valence-electron chi connectivity index (χ1n) is 5.92. The Morgan fingerprint density at radius 1 is 1.28 bits per heavy atom. The molecule has 1 unspecified atom stereocenters. The van der Waals surface area contributed by atoms with E-state index in [1.807, 2.05) is 44.2 Å². The SMILES string of the molecule is CC(CNC(=O)C(C)(C)c1ccccc1)C(=O)O. The average molecular weight is 249 g/mol. The highest BCUT2D eigenvalue weighted by Crippen LogP contribution is 2.22. The van der Waals surface area contributed by atoms with E-state index in [0.717, 1.165) is 5.56 Å². The lowest BCUT2D eigenvalue weighted by atomic mass is 9.83. The van der Waals surface area contributed by atoms with Crippen LogP contribution in [0.3, 0.4) is 0 Å². The molecule has 0 aliphatic heterocycles. The number of amides is 1. The lowest BCUT2D eigenvalue weighted by molar-refractivity contribution is -0.141. The van der Waals surface area contributed by atoms with Gasteiger partial charge in [-0.2, -0.15) is 0 Å². The van der Waals surface area contributed by atoms with Crippen LogP contribution in [0.5, 0.6) is 0 Å². The average Bonchev–Trinajstić information content (AvgIpc) is 2.36. The van der Waals surface area contributed by atoms with Crippen LogP contribution in [0.1, 0.15) is 26.3 Å². The van der Waals surface area contributed by atoms with E-state index in [1.54, 1.807) is 6.92 Å². The normalized spacial score (nSPS) is 12.8. The Morgan fingerprint density at radius 2 is 1.83 bits per heavy atom. The molecule has 0 aliphatic rings. The molecule has 0 aromatic heterocycles. The minimum Gasteiger partial charge on any atom is -0.481 e. The lowest BCUT2D eigenvalue weighted by Gasteiger charge is -2.24. The molecule has 0 radical (unpaired) electrons. The Kier molecular flexibility index (Phi) is 4.48. The first kappa shape index (κ1) is 14.2. The minimum absolute atomic E-state index is 0.143. The molecule has 0 bridgehead atoms. The van der Waals surface area contributed by atoms with Crippen molar-refractivity contribution in [2.45, 2.75) is 26.2 Å². The quantitative estimate of drug-likeness (QED) is 0.836.